The fraction of sp³-hybridized carbons (Fsp3) is 0.538. The Morgan fingerprint density at radius 2 is 2.33 bits per heavy atom. The predicted molar refractivity (Wildman–Crippen MR) is 73.6 cm³/mol. The molecule has 3 rings (SSSR count). The van der Waals surface area contributed by atoms with Crippen LogP contribution < -0.4 is 11.3 Å². The molecule has 0 bridgehead atoms. The zero-order valence-corrected chi connectivity index (χ0v) is 11.4. The third-order valence-electron chi connectivity index (χ3n) is 3.97. The number of nitrogens with two attached hydrogens (primary N) is 1. The number of fused-ring (bicyclic) bond motifs is 1. The highest BCUT2D eigenvalue weighted by atomic mass is 16.6. The molecule has 0 saturated carbocycles. The molecule has 0 amide bonds. The lowest BCUT2D eigenvalue weighted by Gasteiger charge is -2.23. The Hall–Kier alpha value is -1.74. The van der Waals surface area contributed by atoms with Crippen molar-refractivity contribution < 1.29 is 19.7 Å². The van der Waals surface area contributed by atoms with Crippen molar-refractivity contribution in [1.82, 2.24) is 9.97 Å². The number of hydrogen-bond acceptors (Lipinski definition) is 7. The van der Waals surface area contributed by atoms with Gasteiger partial charge in [0.25, 0.3) is 5.56 Å². The number of aliphatic hydroxyl groups is 2. The van der Waals surface area contributed by atoms with E-state index in [2.05, 4.69) is 9.97 Å². The fourth-order valence-corrected chi connectivity index (χ4v) is 2.97. The Labute approximate surface area is 120 Å². The van der Waals surface area contributed by atoms with Crippen LogP contribution in [0.15, 0.2) is 10.9 Å². The van der Waals surface area contributed by atoms with Crippen LogP contribution in [0.5, 0.6) is 0 Å². The summed E-state index contributed by atoms with van der Waals surface area (Å²) >= 11 is 0. The molecular weight excluding hydrogens is 278 g/mol. The smallest absolute Gasteiger partial charge is 0.259 e. The molecule has 1 aromatic rings. The molecule has 114 valence electrons. The summed E-state index contributed by atoms with van der Waals surface area (Å²) < 4.78 is 11.0. The lowest BCUT2D eigenvalue weighted by molar-refractivity contribution is -0.0274. The Kier molecular flexibility index (Phi) is 3.54. The van der Waals surface area contributed by atoms with Crippen molar-refractivity contribution in [2.24, 2.45) is 0 Å². The number of ether oxygens (including phenoxy) is 2. The highest BCUT2D eigenvalue weighted by Gasteiger charge is 2.48. The molecule has 1 aromatic heterocycles. The van der Waals surface area contributed by atoms with Crippen LogP contribution in [0.3, 0.4) is 0 Å². The molecule has 5 N–H and O–H groups in total. The molecule has 2 heterocycles. The lowest BCUT2D eigenvalue weighted by Crippen LogP contribution is -2.37. The molecule has 2 aliphatic rings. The standard InChI is InChI=1S/C13H17N3O5/c1-20-11-9(18)7(4-17)21-10(11)5-2-3-6-8(5)15-13(14)16-12(6)19/h2-3,5,7,9-11,17-18H,4H2,1H3,(H3,14,15,16,19)/t5?,7-,9-,10+,11-/m1/s1. The quantitative estimate of drug-likeness (QED) is 0.539. The van der Waals surface area contributed by atoms with Gasteiger partial charge >= 0.3 is 0 Å². The fourth-order valence-electron chi connectivity index (χ4n) is 2.97. The van der Waals surface area contributed by atoms with Gasteiger partial charge in [0.2, 0.25) is 5.95 Å². The molecule has 5 atom stereocenters. The van der Waals surface area contributed by atoms with E-state index < -0.39 is 24.4 Å². The molecular formula is C13H17N3O5. The van der Waals surface area contributed by atoms with Gasteiger partial charge in [-0.1, -0.05) is 12.2 Å². The first kappa shape index (κ1) is 14.2. The molecule has 8 nitrogen and oxygen atoms in total. The van der Waals surface area contributed by atoms with Gasteiger partial charge in [0.15, 0.2) is 0 Å². The second kappa shape index (κ2) is 5.23. The molecule has 1 aliphatic carbocycles. The summed E-state index contributed by atoms with van der Waals surface area (Å²) in [6, 6.07) is 0. The predicted octanol–water partition coefficient (Wildman–Crippen LogP) is -1.40. The number of anilines is 1. The van der Waals surface area contributed by atoms with E-state index in [4.69, 9.17) is 15.2 Å². The van der Waals surface area contributed by atoms with Crippen LogP contribution in [0.25, 0.3) is 6.08 Å². The number of nitrogens with zero attached hydrogens (tertiary/aromatic N) is 1. The van der Waals surface area contributed by atoms with E-state index in [0.29, 0.717) is 11.3 Å². The van der Waals surface area contributed by atoms with Crippen molar-refractivity contribution in [2.45, 2.75) is 30.3 Å². The van der Waals surface area contributed by atoms with E-state index in [0.717, 1.165) is 0 Å². The number of nitrogens with one attached hydrogen (secondary N) is 1. The number of aromatic nitrogens is 2. The van der Waals surface area contributed by atoms with Gasteiger partial charge in [0.05, 0.1) is 24.0 Å². The third-order valence-corrected chi connectivity index (χ3v) is 3.97. The zero-order chi connectivity index (χ0) is 15.1. The molecule has 1 unspecified atom stereocenters. The zero-order valence-electron chi connectivity index (χ0n) is 11.4. The van der Waals surface area contributed by atoms with E-state index >= 15 is 0 Å². The minimum Gasteiger partial charge on any atom is -0.394 e. The molecule has 0 aromatic carbocycles. The largest absolute Gasteiger partial charge is 0.394 e. The van der Waals surface area contributed by atoms with Crippen molar-refractivity contribution in [3.05, 3.63) is 27.7 Å². The first-order chi connectivity index (χ1) is 10.1. The molecule has 21 heavy (non-hydrogen) atoms. The third kappa shape index (κ3) is 2.16. The van der Waals surface area contributed by atoms with Gasteiger partial charge in [-0.05, 0) is 0 Å². The van der Waals surface area contributed by atoms with Crippen LogP contribution in [0.1, 0.15) is 17.2 Å². The maximum absolute atomic E-state index is 11.8. The van der Waals surface area contributed by atoms with Gasteiger partial charge in [-0.3, -0.25) is 9.78 Å². The second-order valence-electron chi connectivity index (χ2n) is 5.15. The van der Waals surface area contributed by atoms with Gasteiger partial charge in [0, 0.05) is 13.0 Å². The molecule has 1 aliphatic heterocycles. The van der Waals surface area contributed by atoms with E-state index in [1.807, 2.05) is 0 Å². The number of methoxy groups -OCH3 is 1. The van der Waals surface area contributed by atoms with Gasteiger partial charge in [0.1, 0.15) is 18.3 Å². The summed E-state index contributed by atoms with van der Waals surface area (Å²) in [6.45, 7) is -0.314. The van der Waals surface area contributed by atoms with Crippen molar-refractivity contribution in [1.29, 1.82) is 0 Å². The highest BCUT2D eigenvalue weighted by Crippen LogP contribution is 2.38. The Morgan fingerprint density at radius 3 is 3.00 bits per heavy atom. The number of H-pyrrole nitrogens is 1. The molecule has 0 radical (unpaired) electrons. The number of aromatic amines is 1. The molecule has 8 heteroatoms. The monoisotopic (exact) mass is 295 g/mol. The number of rotatable bonds is 3. The van der Waals surface area contributed by atoms with Gasteiger partial charge in [-0.25, -0.2) is 4.98 Å². The van der Waals surface area contributed by atoms with E-state index in [-0.39, 0.29) is 24.0 Å². The van der Waals surface area contributed by atoms with Crippen molar-refractivity contribution in [3.8, 4) is 0 Å². The van der Waals surface area contributed by atoms with E-state index in [1.165, 1.54) is 7.11 Å². The normalized spacial score (nSPS) is 34.3. The summed E-state index contributed by atoms with van der Waals surface area (Å²) in [5.74, 6) is -0.334. The lowest BCUT2D eigenvalue weighted by atomic mass is 9.94. The molecule has 1 saturated heterocycles. The average Bonchev–Trinajstić information content (AvgIpc) is 2.99. The average molecular weight is 295 g/mol. The summed E-state index contributed by atoms with van der Waals surface area (Å²) in [5, 5.41) is 19.3. The second-order valence-corrected chi connectivity index (χ2v) is 5.15. The number of aliphatic hydroxyl groups excluding tert-OH is 2. The summed E-state index contributed by atoms with van der Waals surface area (Å²) in [4.78, 5) is 18.4. The van der Waals surface area contributed by atoms with Gasteiger partial charge < -0.3 is 25.4 Å². The van der Waals surface area contributed by atoms with E-state index in [1.54, 1.807) is 12.2 Å². The van der Waals surface area contributed by atoms with Crippen LogP contribution in [0.4, 0.5) is 5.95 Å². The van der Waals surface area contributed by atoms with Crippen molar-refractivity contribution in [2.75, 3.05) is 19.5 Å². The SMILES string of the molecule is CO[C@@H]1[C@H](O)[C@@H](CO)O[C@H]1C1C=Cc2c1nc(N)[nH]c2=O. The minimum atomic E-state index is -0.943. The Bertz CT molecular complexity index is 629. The van der Waals surface area contributed by atoms with Gasteiger partial charge in [-0.15, -0.1) is 0 Å². The minimum absolute atomic E-state index is 0.0265. The highest BCUT2D eigenvalue weighted by molar-refractivity contribution is 5.60. The maximum Gasteiger partial charge on any atom is 0.259 e. The summed E-state index contributed by atoms with van der Waals surface area (Å²) in [6.07, 6.45) is 0.590. The van der Waals surface area contributed by atoms with Crippen LogP contribution in [-0.2, 0) is 9.47 Å². The van der Waals surface area contributed by atoms with Crippen molar-refractivity contribution >= 4 is 12.0 Å². The topological polar surface area (TPSA) is 131 Å². The number of hydrogen-bond donors (Lipinski definition) is 4. The van der Waals surface area contributed by atoms with Crippen LogP contribution >= 0.6 is 0 Å². The van der Waals surface area contributed by atoms with Crippen LogP contribution in [0, 0.1) is 0 Å². The molecule has 1 fully saturated rings. The molecule has 0 spiro atoms. The summed E-state index contributed by atoms with van der Waals surface area (Å²) in [7, 11) is 1.46. The maximum atomic E-state index is 11.8. The first-order valence-corrected chi connectivity index (χ1v) is 6.62. The van der Waals surface area contributed by atoms with E-state index in [9.17, 15) is 15.0 Å². The van der Waals surface area contributed by atoms with Crippen LogP contribution in [-0.4, -0.2) is 58.3 Å². The Balaban J connectivity index is 1.97. The summed E-state index contributed by atoms with van der Waals surface area (Å²) in [5.41, 5.74) is 6.19. The van der Waals surface area contributed by atoms with Crippen LogP contribution in [0.2, 0.25) is 0 Å². The Morgan fingerprint density at radius 1 is 1.57 bits per heavy atom. The first-order valence-electron chi connectivity index (χ1n) is 6.62. The number of nitrogen functional groups attached to an aromatic ring is 1. The van der Waals surface area contributed by atoms with Crippen molar-refractivity contribution in [3.63, 3.8) is 0 Å². The van der Waals surface area contributed by atoms with Gasteiger partial charge in [-0.2, -0.15) is 0 Å².